The highest BCUT2D eigenvalue weighted by atomic mass is 127. The van der Waals surface area contributed by atoms with E-state index in [0.29, 0.717) is 12.1 Å². The van der Waals surface area contributed by atoms with Crippen molar-refractivity contribution in [3.8, 4) is 0 Å². The van der Waals surface area contributed by atoms with E-state index in [-0.39, 0.29) is 24.3 Å². The van der Waals surface area contributed by atoms with Gasteiger partial charge in [0.05, 0.1) is 0 Å². The van der Waals surface area contributed by atoms with Gasteiger partial charge >= 0.3 is 6.03 Å². The monoisotopic (exact) mass is 455 g/mol. The Morgan fingerprint density at radius 3 is 2.84 bits per heavy atom. The fourth-order valence-corrected chi connectivity index (χ4v) is 4.39. The number of benzene rings is 1. The fraction of sp³-hybridized carbons (Fsp3) is 0.500. The van der Waals surface area contributed by atoms with Crippen molar-refractivity contribution in [2.24, 2.45) is 5.92 Å². The molecule has 1 spiro atoms. The lowest BCUT2D eigenvalue weighted by molar-refractivity contribution is -0.136. The molecule has 25 heavy (non-hydrogen) atoms. The van der Waals surface area contributed by atoms with Gasteiger partial charge in [-0.05, 0) is 72.0 Å². The summed E-state index contributed by atoms with van der Waals surface area (Å²) in [6, 6.07) is 5.22. The molecule has 7 heteroatoms. The third kappa shape index (κ3) is 3.38. The van der Waals surface area contributed by atoms with Crippen LogP contribution in [0.15, 0.2) is 18.2 Å². The summed E-state index contributed by atoms with van der Waals surface area (Å²) < 4.78 is 1.08. The van der Waals surface area contributed by atoms with E-state index < -0.39 is 11.6 Å². The summed E-state index contributed by atoms with van der Waals surface area (Å²) in [5.74, 6) is -0.545. The molecule has 1 aliphatic carbocycles. The summed E-state index contributed by atoms with van der Waals surface area (Å²) in [5.41, 5.74) is 0.807. The summed E-state index contributed by atoms with van der Waals surface area (Å²) in [5, 5.41) is 5.66. The number of urea groups is 1. The number of halogens is 1. The number of rotatable bonds is 3. The van der Waals surface area contributed by atoms with E-state index >= 15 is 0 Å². The van der Waals surface area contributed by atoms with E-state index in [9.17, 15) is 14.4 Å². The topological polar surface area (TPSA) is 78.5 Å². The zero-order valence-corrected chi connectivity index (χ0v) is 16.6. The van der Waals surface area contributed by atoms with Crippen LogP contribution in [0.1, 0.15) is 38.2 Å². The van der Waals surface area contributed by atoms with Gasteiger partial charge in [-0.25, -0.2) is 4.79 Å². The van der Waals surface area contributed by atoms with Crippen LogP contribution in [0.25, 0.3) is 0 Å². The number of amides is 4. The second kappa shape index (κ2) is 6.93. The van der Waals surface area contributed by atoms with Gasteiger partial charge in [-0.3, -0.25) is 14.5 Å². The Bertz CT molecular complexity index is 736. The maximum atomic E-state index is 12.9. The SMILES string of the molecule is Cc1cc(I)ccc1NC(=O)CN1C(=O)N[C@]2(CCCC[C@H]2C)C1=O. The minimum Gasteiger partial charge on any atom is -0.324 e. The lowest BCUT2D eigenvalue weighted by Gasteiger charge is -2.36. The van der Waals surface area contributed by atoms with Crippen molar-refractivity contribution in [2.45, 2.75) is 45.1 Å². The summed E-state index contributed by atoms with van der Waals surface area (Å²) in [6.45, 7) is 3.64. The predicted molar refractivity (Wildman–Crippen MR) is 103 cm³/mol. The van der Waals surface area contributed by atoms with Crippen LogP contribution in [0.3, 0.4) is 0 Å². The highest BCUT2D eigenvalue weighted by Gasteiger charge is 2.55. The highest BCUT2D eigenvalue weighted by molar-refractivity contribution is 14.1. The number of aryl methyl sites for hydroxylation is 1. The van der Waals surface area contributed by atoms with Crippen LogP contribution in [0, 0.1) is 16.4 Å². The molecular weight excluding hydrogens is 433 g/mol. The maximum Gasteiger partial charge on any atom is 0.325 e. The highest BCUT2D eigenvalue weighted by Crippen LogP contribution is 2.38. The molecule has 3 rings (SSSR count). The van der Waals surface area contributed by atoms with Crippen molar-refractivity contribution in [3.63, 3.8) is 0 Å². The second-order valence-corrected chi connectivity index (χ2v) is 8.19. The Labute approximate surface area is 160 Å². The van der Waals surface area contributed by atoms with E-state index in [2.05, 4.69) is 33.2 Å². The minimum atomic E-state index is -0.825. The van der Waals surface area contributed by atoms with Crippen molar-refractivity contribution in [2.75, 3.05) is 11.9 Å². The molecule has 4 amide bonds. The van der Waals surface area contributed by atoms with Gasteiger partial charge < -0.3 is 10.6 Å². The molecule has 0 unspecified atom stereocenters. The number of imide groups is 1. The number of nitrogens with zero attached hydrogens (tertiary/aromatic N) is 1. The number of nitrogens with one attached hydrogen (secondary N) is 2. The van der Waals surface area contributed by atoms with E-state index in [1.165, 1.54) is 0 Å². The molecule has 6 nitrogen and oxygen atoms in total. The molecule has 1 saturated carbocycles. The van der Waals surface area contributed by atoms with Gasteiger partial charge in [-0.15, -0.1) is 0 Å². The van der Waals surface area contributed by atoms with Crippen LogP contribution in [0.4, 0.5) is 10.5 Å². The molecule has 2 fully saturated rings. The Morgan fingerprint density at radius 2 is 2.16 bits per heavy atom. The van der Waals surface area contributed by atoms with Gasteiger partial charge in [0, 0.05) is 9.26 Å². The summed E-state index contributed by atoms with van der Waals surface area (Å²) in [6.07, 6.45) is 3.54. The van der Waals surface area contributed by atoms with Gasteiger partial charge in [0.15, 0.2) is 0 Å². The lowest BCUT2D eigenvalue weighted by atomic mass is 9.73. The largest absolute Gasteiger partial charge is 0.325 e. The zero-order chi connectivity index (χ0) is 18.2. The molecule has 1 aromatic rings. The number of hydrogen-bond acceptors (Lipinski definition) is 3. The Kier molecular flexibility index (Phi) is 5.04. The molecule has 1 saturated heterocycles. The standard InChI is InChI=1S/C18H22IN3O3/c1-11-9-13(19)6-7-14(11)20-15(23)10-22-16(24)18(21-17(22)25)8-4-3-5-12(18)2/h6-7,9,12H,3-5,8,10H2,1-2H3,(H,20,23)(H,21,25)/t12-,18+/m1/s1. The molecule has 2 atom stereocenters. The molecule has 134 valence electrons. The third-order valence-electron chi connectivity index (χ3n) is 5.27. The van der Waals surface area contributed by atoms with Crippen molar-refractivity contribution in [1.82, 2.24) is 10.2 Å². The number of carbonyl (C=O) groups excluding carboxylic acids is 3. The van der Waals surface area contributed by atoms with Crippen LogP contribution >= 0.6 is 22.6 Å². The van der Waals surface area contributed by atoms with E-state index in [4.69, 9.17) is 0 Å². The molecule has 1 aromatic carbocycles. The van der Waals surface area contributed by atoms with Crippen molar-refractivity contribution < 1.29 is 14.4 Å². The average Bonchev–Trinajstić information content (AvgIpc) is 2.78. The van der Waals surface area contributed by atoms with Crippen LogP contribution < -0.4 is 10.6 Å². The average molecular weight is 455 g/mol. The van der Waals surface area contributed by atoms with Crippen LogP contribution in [-0.2, 0) is 9.59 Å². The second-order valence-electron chi connectivity index (χ2n) is 6.95. The minimum absolute atomic E-state index is 0.0872. The molecule has 0 radical (unpaired) electrons. The molecule has 1 heterocycles. The first kappa shape index (κ1) is 18.2. The van der Waals surface area contributed by atoms with Gasteiger partial charge in [0.1, 0.15) is 12.1 Å². The van der Waals surface area contributed by atoms with E-state index in [0.717, 1.165) is 33.3 Å². The van der Waals surface area contributed by atoms with Gasteiger partial charge in [-0.2, -0.15) is 0 Å². The first-order valence-corrected chi connectivity index (χ1v) is 9.61. The lowest BCUT2D eigenvalue weighted by Crippen LogP contribution is -2.54. The summed E-state index contributed by atoms with van der Waals surface area (Å²) in [4.78, 5) is 38.6. The fourth-order valence-electron chi connectivity index (χ4n) is 3.74. The molecule has 2 aliphatic rings. The van der Waals surface area contributed by atoms with E-state index in [1.54, 1.807) is 0 Å². The number of hydrogen-bond donors (Lipinski definition) is 2. The van der Waals surface area contributed by atoms with Crippen LogP contribution in [0.2, 0.25) is 0 Å². The van der Waals surface area contributed by atoms with Gasteiger partial charge in [0.2, 0.25) is 5.91 Å². The molecule has 2 N–H and O–H groups in total. The summed E-state index contributed by atoms with van der Waals surface area (Å²) >= 11 is 2.21. The molecule has 0 aromatic heterocycles. The Balaban J connectivity index is 1.71. The maximum absolute atomic E-state index is 12.9. The Morgan fingerprint density at radius 1 is 1.40 bits per heavy atom. The van der Waals surface area contributed by atoms with Gasteiger partial charge in [-0.1, -0.05) is 19.8 Å². The van der Waals surface area contributed by atoms with Crippen molar-refractivity contribution in [1.29, 1.82) is 0 Å². The summed E-state index contributed by atoms with van der Waals surface area (Å²) in [7, 11) is 0. The van der Waals surface area contributed by atoms with Crippen LogP contribution in [0.5, 0.6) is 0 Å². The normalized spacial score (nSPS) is 26.0. The predicted octanol–water partition coefficient (Wildman–Crippen LogP) is 3.04. The first-order chi connectivity index (χ1) is 11.8. The number of anilines is 1. The number of carbonyl (C=O) groups is 3. The zero-order valence-electron chi connectivity index (χ0n) is 14.4. The Hall–Kier alpha value is -1.64. The smallest absolute Gasteiger partial charge is 0.324 e. The molecule has 1 aliphatic heterocycles. The van der Waals surface area contributed by atoms with E-state index in [1.807, 2.05) is 32.0 Å². The molecular formula is C18H22IN3O3. The van der Waals surface area contributed by atoms with Gasteiger partial charge in [0.25, 0.3) is 5.91 Å². The third-order valence-corrected chi connectivity index (χ3v) is 5.94. The quantitative estimate of drug-likeness (QED) is 0.544. The van der Waals surface area contributed by atoms with Crippen molar-refractivity contribution >= 4 is 46.1 Å². The molecule has 0 bridgehead atoms. The van der Waals surface area contributed by atoms with Crippen LogP contribution in [-0.4, -0.2) is 34.8 Å². The first-order valence-electron chi connectivity index (χ1n) is 8.53. The van der Waals surface area contributed by atoms with Crippen molar-refractivity contribution in [3.05, 3.63) is 27.3 Å².